The minimum Gasteiger partial charge on any atom is -0.497 e. The summed E-state index contributed by atoms with van der Waals surface area (Å²) in [6.45, 7) is 3.03. The Morgan fingerprint density at radius 2 is 1.84 bits per heavy atom. The maximum Gasteiger partial charge on any atom is 0.119 e. The average Bonchev–Trinajstić information content (AvgIpc) is 2.98. The van der Waals surface area contributed by atoms with Gasteiger partial charge in [0, 0.05) is 45.5 Å². The summed E-state index contributed by atoms with van der Waals surface area (Å²) < 4.78 is 11.0. The number of rotatable bonds is 7. The van der Waals surface area contributed by atoms with Gasteiger partial charge in [-0.05, 0) is 47.5 Å². The van der Waals surface area contributed by atoms with E-state index >= 15 is 0 Å². The Kier molecular flexibility index (Phi) is 5.46. The number of hydrogen-bond donors (Lipinski definition) is 1. The van der Waals surface area contributed by atoms with Crippen molar-refractivity contribution in [1.82, 2.24) is 4.90 Å². The van der Waals surface area contributed by atoms with Crippen molar-refractivity contribution in [2.75, 3.05) is 45.8 Å². The first-order valence-corrected chi connectivity index (χ1v) is 8.63. The number of methoxy groups -OCH3 is 1. The summed E-state index contributed by atoms with van der Waals surface area (Å²) in [5, 5.41) is 0. The van der Waals surface area contributed by atoms with Crippen LogP contribution < -0.4 is 20.1 Å². The largest absolute Gasteiger partial charge is 0.497 e. The van der Waals surface area contributed by atoms with Gasteiger partial charge in [0.1, 0.15) is 18.1 Å². The van der Waals surface area contributed by atoms with Crippen LogP contribution in [0.25, 0.3) is 0 Å². The number of ether oxygens (including phenoxy) is 2. The van der Waals surface area contributed by atoms with Gasteiger partial charge in [-0.25, -0.2) is 0 Å². The van der Waals surface area contributed by atoms with Gasteiger partial charge in [-0.3, -0.25) is 4.90 Å². The monoisotopic (exact) mass is 341 g/mol. The van der Waals surface area contributed by atoms with Crippen LogP contribution in [-0.2, 0) is 6.54 Å². The second-order valence-electron chi connectivity index (χ2n) is 6.52. The average molecular weight is 341 g/mol. The van der Waals surface area contributed by atoms with Gasteiger partial charge in [-0.1, -0.05) is 6.07 Å². The molecule has 0 saturated heterocycles. The van der Waals surface area contributed by atoms with Crippen molar-refractivity contribution in [2.45, 2.75) is 12.6 Å². The molecule has 1 atom stereocenters. The van der Waals surface area contributed by atoms with Crippen LogP contribution in [0.15, 0.2) is 42.5 Å². The van der Waals surface area contributed by atoms with Gasteiger partial charge >= 0.3 is 0 Å². The van der Waals surface area contributed by atoms with Gasteiger partial charge < -0.3 is 20.1 Å². The van der Waals surface area contributed by atoms with E-state index in [1.807, 2.05) is 24.3 Å². The predicted octanol–water partition coefficient (Wildman–Crippen LogP) is 2.66. The molecule has 134 valence electrons. The van der Waals surface area contributed by atoms with E-state index in [2.05, 4.69) is 42.1 Å². The van der Waals surface area contributed by atoms with Crippen LogP contribution in [-0.4, -0.2) is 45.8 Å². The summed E-state index contributed by atoms with van der Waals surface area (Å²) in [7, 11) is 5.79. The van der Waals surface area contributed by atoms with Gasteiger partial charge in [0.05, 0.1) is 7.11 Å². The molecule has 1 aliphatic rings. The van der Waals surface area contributed by atoms with Crippen LogP contribution in [0.2, 0.25) is 0 Å². The molecule has 1 aliphatic heterocycles. The second kappa shape index (κ2) is 7.76. The minimum absolute atomic E-state index is 0.259. The number of hydrogen-bond acceptors (Lipinski definition) is 5. The van der Waals surface area contributed by atoms with Crippen molar-refractivity contribution in [2.24, 2.45) is 5.73 Å². The van der Waals surface area contributed by atoms with Crippen molar-refractivity contribution in [3.8, 4) is 11.5 Å². The van der Waals surface area contributed by atoms with E-state index in [0.717, 1.165) is 24.6 Å². The summed E-state index contributed by atoms with van der Waals surface area (Å²) in [6, 6.07) is 14.6. The van der Waals surface area contributed by atoms with Crippen molar-refractivity contribution >= 4 is 5.69 Å². The lowest BCUT2D eigenvalue weighted by Crippen LogP contribution is -2.31. The Morgan fingerprint density at radius 1 is 1.12 bits per heavy atom. The molecule has 5 nitrogen and oxygen atoms in total. The highest BCUT2D eigenvalue weighted by molar-refractivity contribution is 5.52. The van der Waals surface area contributed by atoms with E-state index in [-0.39, 0.29) is 6.04 Å². The standard InChI is InChI=1S/C20H27N3O2/c1-22(2)16-5-4-15-14-23(20(13-21)19(15)12-16)10-11-25-18-8-6-17(24-3)7-9-18/h4-9,12,20H,10-11,13-14,21H2,1-3H3. The highest BCUT2D eigenvalue weighted by Gasteiger charge is 2.29. The van der Waals surface area contributed by atoms with E-state index in [1.165, 1.54) is 16.8 Å². The summed E-state index contributed by atoms with van der Waals surface area (Å²) in [4.78, 5) is 4.52. The van der Waals surface area contributed by atoms with Crippen LogP contribution in [0.1, 0.15) is 17.2 Å². The molecule has 0 saturated carbocycles. The molecular formula is C20H27N3O2. The molecule has 0 spiro atoms. The second-order valence-corrected chi connectivity index (χ2v) is 6.52. The van der Waals surface area contributed by atoms with E-state index in [4.69, 9.17) is 15.2 Å². The highest BCUT2D eigenvalue weighted by Crippen LogP contribution is 2.35. The molecule has 1 heterocycles. The minimum atomic E-state index is 0.259. The molecule has 25 heavy (non-hydrogen) atoms. The molecule has 0 bridgehead atoms. The fourth-order valence-corrected chi connectivity index (χ4v) is 3.30. The maximum atomic E-state index is 6.07. The smallest absolute Gasteiger partial charge is 0.119 e. The van der Waals surface area contributed by atoms with Crippen LogP contribution in [0.4, 0.5) is 5.69 Å². The lowest BCUT2D eigenvalue weighted by Gasteiger charge is -2.24. The lowest BCUT2D eigenvalue weighted by atomic mass is 10.0. The van der Waals surface area contributed by atoms with Gasteiger partial charge in [-0.15, -0.1) is 0 Å². The Balaban J connectivity index is 1.61. The van der Waals surface area contributed by atoms with Crippen molar-refractivity contribution in [1.29, 1.82) is 0 Å². The number of benzene rings is 2. The van der Waals surface area contributed by atoms with Gasteiger partial charge in [0.2, 0.25) is 0 Å². The summed E-state index contributed by atoms with van der Waals surface area (Å²) in [6.07, 6.45) is 0. The molecule has 1 unspecified atom stereocenters. The zero-order valence-corrected chi connectivity index (χ0v) is 15.2. The normalized spacial score (nSPS) is 16.6. The fourth-order valence-electron chi connectivity index (χ4n) is 3.30. The molecule has 0 aliphatic carbocycles. The third-order valence-electron chi connectivity index (χ3n) is 4.75. The summed E-state index contributed by atoms with van der Waals surface area (Å²) in [5.74, 6) is 1.69. The van der Waals surface area contributed by atoms with E-state index < -0.39 is 0 Å². The van der Waals surface area contributed by atoms with Crippen molar-refractivity contribution < 1.29 is 9.47 Å². The summed E-state index contributed by atoms with van der Waals surface area (Å²) >= 11 is 0. The van der Waals surface area contributed by atoms with Gasteiger partial charge in [-0.2, -0.15) is 0 Å². The van der Waals surface area contributed by atoms with Crippen LogP contribution in [0.3, 0.4) is 0 Å². The Morgan fingerprint density at radius 3 is 2.48 bits per heavy atom. The molecule has 3 rings (SSSR count). The first kappa shape index (κ1) is 17.6. The molecular weight excluding hydrogens is 314 g/mol. The van der Waals surface area contributed by atoms with Gasteiger partial charge in [0.25, 0.3) is 0 Å². The summed E-state index contributed by atoms with van der Waals surface area (Å²) in [5.41, 5.74) is 10.00. The molecule has 2 N–H and O–H groups in total. The van der Waals surface area contributed by atoms with E-state index in [1.54, 1.807) is 7.11 Å². The third-order valence-corrected chi connectivity index (χ3v) is 4.75. The van der Waals surface area contributed by atoms with Crippen molar-refractivity contribution in [3.05, 3.63) is 53.6 Å². The molecule has 0 amide bonds. The molecule has 2 aromatic carbocycles. The maximum absolute atomic E-state index is 6.07. The number of nitrogens with zero attached hydrogens (tertiary/aromatic N) is 2. The molecule has 2 aromatic rings. The highest BCUT2D eigenvalue weighted by atomic mass is 16.5. The van der Waals surface area contributed by atoms with Gasteiger partial charge in [0.15, 0.2) is 0 Å². The predicted molar refractivity (Wildman–Crippen MR) is 101 cm³/mol. The Bertz CT molecular complexity index is 701. The fraction of sp³-hybridized carbons (Fsp3) is 0.400. The topological polar surface area (TPSA) is 51.0 Å². The Labute approximate surface area is 149 Å². The molecule has 5 heteroatoms. The van der Waals surface area contributed by atoms with E-state index in [0.29, 0.717) is 13.2 Å². The number of fused-ring (bicyclic) bond motifs is 1. The number of anilines is 1. The Hall–Kier alpha value is -2.24. The third kappa shape index (κ3) is 3.89. The number of nitrogens with two attached hydrogens (primary N) is 1. The van der Waals surface area contributed by atoms with Crippen molar-refractivity contribution in [3.63, 3.8) is 0 Å². The first-order chi connectivity index (χ1) is 12.1. The first-order valence-electron chi connectivity index (χ1n) is 8.63. The lowest BCUT2D eigenvalue weighted by molar-refractivity contribution is 0.174. The molecule has 0 aromatic heterocycles. The van der Waals surface area contributed by atoms with E-state index in [9.17, 15) is 0 Å². The van der Waals surface area contributed by atoms with Crippen LogP contribution in [0.5, 0.6) is 11.5 Å². The van der Waals surface area contributed by atoms with Crippen LogP contribution >= 0.6 is 0 Å². The zero-order valence-electron chi connectivity index (χ0n) is 15.2. The molecule has 0 radical (unpaired) electrons. The zero-order chi connectivity index (χ0) is 17.8. The van der Waals surface area contributed by atoms with Crippen LogP contribution in [0, 0.1) is 0 Å². The SMILES string of the molecule is COc1ccc(OCCN2Cc3ccc(N(C)C)cc3C2CN)cc1. The molecule has 0 fully saturated rings. The quantitative estimate of drug-likeness (QED) is 0.839.